The van der Waals surface area contributed by atoms with Crippen LogP contribution in [0.2, 0.25) is 0 Å². The van der Waals surface area contributed by atoms with Gasteiger partial charge in [-0.05, 0) is 34.0 Å². The number of rotatable bonds is 5. The Morgan fingerprint density at radius 1 is 1.61 bits per heavy atom. The van der Waals surface area contributed by atoms with Crippen molar-refractivity contribution in [2.24, 2.45) is 5.73 Å². The quantitative estimate of drug-likeness (QED) is 0.845. The molecule has 0 radical (unpaired) electrons. The van der Waals surface area contributed by atoms with Crippen LogP contribution < -0.4 is 5.73 Å². The molecule has 0 aliphatic rings. The predicted octanol–water partition coefficient (Wildman–Crippen LogP) is 2.35. The van der Waals surface area contributed by atoms with Crippen LogP contribution in [-0.4, -0.2) is 17.6 Å². The highest BCUT2D eigenvalue weighted by atomic mass is 79.9. The second-order valence-electron chi connectivity index (χ2n) is 3.45. The van der Waals surface area contributed by atoms with E-state index in [4.69, 9.17) is 10.5 Å². The van der Waals surface area contributed by atoms with Gasteiger partial charge in [0.25, 0.3) is 6.43 Å². The number of carbonyl (C=O) groups is 1. The van der Waals surface area contributed by atoms with Crippen LogP contribution in [0.25, 0.3) is 0 Å². The van der Waals surface area contributed by atoms with Crippen LogP contribution in [0.3, 0.4) is 0 Å². The number of aromatic nitrogens is 1. The average molecular weight is 323 g/mol. The van der Waals surface area contributed by atoms with Gasteiger partial charge in [-0.25, -0.2) is 8.78 Å². The SMILES string of the molecule is CCOC(=O)Cc1cnc(C(F)F)c(Br)c1CN. The second-order valence-corrected chi connectivity index (χ2v) is 4.24. The Labute approximate surface area is 112 Å². The molecule has 2 N–H and O–H groups in total. The number of nitrogens with two attached hydrogens (primary N) is 1. The van der Waals surface area contributed by atoms with Crippen molar-refractivity contribution >= 4 is 21.9 Å². The fourth-order valence-corrected chi connectivity index (χ4v) is 2.16. The Balaban J connectivity index is 3.07. The standard InChI is InChI=1S/C11H13BrF2N2O2/c1-2-18-8(17)3-6-5-16-10(11(13)14)9(12)7(6)4-15/h5,11H,2-4,15H2,1H3. The van der Waals surface area contributed by atoms with Gasteiger partial charge >= 0.3 is 5.97 Å². The molecule has 4 nitrogen and oxygen atoms in total. The molecule has 0 saturated heterocycles. The fraction of sp³-hybridized carbons (Fsp3) is 0.455. The van der Waals surface area contributed by atoms with Gasteiger partial charge in [0, 0.05) is 17.2 Å². The Kier molecular flexibility index (Phi) is 5.61. The van der Waals surface area contributed by atoms with Gasteiger partial charge in [-0.2, -0.15) is 0 Å². The molecule has 0 aromatic carbocycles. The first kappa shape index (κ1) is 15.0. The number of ether oxygens (including phenoxy) is 1. The van der Waals surface area contributed by atoms with Gasteiger partial charge in [0.15, 0.2) is 0 Å². The van der Waals surface area contributed by atoms with Crippen LogP contribution >= 0.6 is 15.9 Å². The van der Waals surface area contributed by atoms with Crippen LogP contribution in [0.1, 0.15) is 30.2 Å². The first-order valence-electron chi connectivity index (χ1n) is 5.31. The highest BCUT2D eigenvalue weighted by molar-refractivity contribution is 9.10. The maximum absolute atomic E-state index is 12.6. The van der Waals surface area contributed by atoms with Gasteiger partial charge < -0.3 is 10.5 Å². The monoisotopic (exact) mass is 322 g/mol. The maximum atomic E-state index is 12.6. The lowest BCUT2D eigenvalue weighted by molar-refractivity contribution is -0.142. The van der Waals surface area contributed by atoms with Crippen molar-refractivity contribution in [1.82, 2.24) is 4.98 Å². The van der Waals surface area contributed by atoms with Gasteiger partial charge in [0.05, 0.1) is 13.0 Å². The summed E-state index contributed by atoms with van der Waals surface area (Å²) in [6.07, 6.45) is -1.48. The Morgan fingerprint density at radius 2 is 2.28 bits per heavy atom. The van der Waals surface area contributed by atoms with E-state index < -0.39 is 12.4 Å². The molecule has 0 aliphatic heterocycles. The summed E-state index contributed by atoms with van der Waals surface area (Å²) in [4.78, 5) is 15.0. The van der Waals surface area contributed by atoms with Crippen LogP contribution in [0.15, 0.2) is 10.7 Å². The summed E-state index contributed by atoms with van der Waals surface area (Å²) >= 11 is 3.05. The topological polar surface area (TPSA) is 65.2 Å². The minimum absolute atomic E-state index is 0.0323. The zero-order valence-electron chi connectivity index (χ0n) is 9.75. The van der Waals surface area contributed by atoms with E-state index in [2.05, 4.69) is 20.9 Å². The van der Waals surface area contributed by atoms with E-state index in [0.29, 0.717) is 11.1 Å². The third-order valence-electron chi connectivity index (χ3n) is 2.29. The summed E-state index contributed by atoms with van der Waals surface area (Å²) in [6.45, 7) is 1.99. The number of esters is 1. The van der Waals surface area contributed by atoms with Crippen molar-refractivity contribution in [1.29, 1.82) is 0 Å². The van der Waals surface area contributed by atoms with Crippen LogP contribution in [-0.2, 0) is 22.5 Å². The number of carbonyl (C=O) groups excluding carboxylic acids is 1. The van der Waals surface area contributed by atoms with Crippen LogP contribution in [0.5, 0.6) is 0 Å². The molecule has 1 heterocycles. The van der Waals surface area contributed by atoms with Gasteiger partial charge in [-0.3, -0.25) is 9.78 Å². The van der Waals surface area contributed by atoms with Gasteiger partial charge in [0.2, 0.25) is 0 Å². The molecule has 18 heavy (non-hydrogen) atoms. The Morgan fingerprint density at radius 3 is 2.78 bits per heavy atom. The molecule has 0 fully saturated rings. The second kappa shape index (κ2) is 6.75. The Hall–Kier alpha value is -1.08. The van der Waals surface area contributed by atoms with Crippen LogP contribution in [0, 0.1) is 0 Å². The van der Waals surface area contributed by atoms with E-state index in [1.54, 1.807) is 6.92 Å². The summed E-state index contributed by atoms with van der Waals surface area (Å²) in [7, 11) is 0. The molecule has 0 aliphatic carbocycles. The number of nitrogens with zero attached hydrogens (tertiary/aromatic N) is 1. The van der Waals surface area contributed by atoms with E-state index in [1.807, 2.05) is 0 Å². The molecular formula is C11H13BrF2N2O2. The predicted molar refractivity (Wildman–Crippen MR) is 65.1 cm³/mol. The largest absolute Gasteiger partial charge is 0.466 e. The molecule has 100 valence electrons. The molecule has 1 rings (SSSR count). The maximum Gasteiger partial charge on any atom is 0.310 e. The third-order valence-corrected chi connectivity index (χ3v) is 3.17. The van der Waals surface area contributed by atoms with Crippen molar-refractivity contribution in [2.45, 2.75) is 26.3 Å². The minimum atomic E-state index is -2.69. The summed E-state index contributed by atoms with van der Waals surface area (Å²) < 4.78 is 30.2. The molecule has 0 amide bonds. The van der Waals surface area contributed by atoms with Gasteiger partial charge in [-0.15, -0.1) is 0 Å². The molecule has 7 heteroatoms. The normalized spacial score (nSPS) is 10.8. The highest BCUT2D eigenvalue weighted by Crippen LogP contribution is 2.30. The van der Waals surface area contributed by atoms with Crippen molar-refractivity contribution in [3.05, 3.63) is 27.5 Å². The number of pyridine rings is 1. The molecule has 0 spiro atoms. The molecular weight excluding hydrogens is 310 g/mol. The zero-order valence-corrected chi connectivity index (χ0v) is 11.3. The first-order chi connectivity index (χ1) is 8.51. The average Bonchev–Trinajstić information content (AvgIpc) is 2.29. The highest BCUT2D eigenvalue weighted by Gasteiger charge is 2.19. The summed E-state index contributed by atoms with van der Waals surface area (Å²) in [5, 5.41) is 0. The van der Waals surface area contributed by atoms with E-state index in [0.717, 1.165) is 0 Å². The van der Waals surface area contributed by atoms with E-state index in [-0.39, 0.29) is 29.7 Å². The summed E-state index contributed by atoms with van der Waals surface area (Å²) in [5.41, 5.74) is 6.09. The number of alkyl halides is 2. The Bertz CT molecular complexity index is 441. The number of hydrogen-bond acceptors (Lipinski definition) is 4. The van der Waals surface area contributed by atoms with Crippen molar-refractivity contribution < 1.29 is 18.3 Å². The van der Waals surface area contributed by atoms with Crippen LogP contribution in [0.4, 0.5) is 8.78 Å². The van der Waals surface area contributed by atoms with Crippen molar-refractivity contribution in [3.8, 4) is 0 Å². The summed E-state index contributed by atoms with van der Waals surface area (Å²) in [6, 6.07) is 0. The lowest BCUT2D eigenvalue weighted by Crippen LogP contribution is -2.13. The molecule has 0 saturated carbocycles. The van der Waals surface area contributed by atoms with Crippen molar-refractivity contribution in [2.75, 3.05) is 6.61 Å². The van der Waals surface area contributed by atoms with Gasteiger partial charge in [-0.1, -0.05) is 0 Å². The zero-order chi connectivity index (χ0) is 13.7. The molecule has 1 aromatic heterocycles. The first-order valence-corrected chi connectivity index (χ1v) is 6.10. The molecule has 1 aromatic rings. The van der Waals surface area contributed by atoms with Gasteiger partial charge in [0.1, 0.15) is 5.69 Å². The fourth-order valence-electron chi connectivity index (χ4n) is 1.47. The number of halogens is 3. The lowest BCUT2D eigenvalue weighted by Gasteiger charge is -2.12. The minimum Gasteiger partial charge on any atom is -0.466 e. The lowest BCUT2D eigenvalue weighted by atomic mass is 10.1. The third kappa shape index (κ3) is 3.46. The van der Waals surface area contributed by atoms with E-state index in [9.17, 15) is 13.6 Å². The molecule has 0 unspecified atom stereocenters. The van der Waals surface area contributed by atoms with E-state index in [1.165, 1.54) is 6.20 Å². The molecule has 0 bridgehead atoms. The summed E-state index contributed by atoms with van der Waals surface area (Å²) in [5.74, 6) is -0.439. The van der Waals surface area contributed by atoms with Crippen molar-refractivity contribution in [3.63, 3.8) is 0 Å². The van der Waals surface area contributed by atoms with E-state index >= 15 is 0 Å². The number of hydrogen-bond donors (Lipinski definition) is 1. The smallest absolute Gasteiger partial charge is 0.310 e. The molecule has 0 atom stereocenters.